The zero-order chi connectivity index (χ0) is 16.3. The molecule has 1 fully saturated rings. The van der Waals surface area contributed by atoms with E-state index in [-0.39, 0.29) is 5.92 Å². The molecule has 0 atom stereocenters. The standard InChI is InChI=1S/C17H25F3N2/c1-4-21-7-9-22(10-8-21)12-15-6-5-14(13(2)3)11-16(15)17(18,19)20/h5-6,11,13H,4,7-10,12H2,1-3H3. The van der Waals surface area contributed by atoms with Crippen molar-refractivity contribution in [2.45, 2.75) is 39.4 Å². The van der Waals surface area contributed by atoms with Crippen LogP contribution in [0.25, 0.3) is 0 Å². The van der Waals surface area contributed by atoms with Crippen molar-refractivity contribution in [1.82, 2.24) is 9.80 Å². The zero-order valence-electron chi connectivity index (χ0n) is 13.6. The molecule has 0 saturated carbocycles. The first-order valence-electron chi connectivity index (χ1n) is 7.96. The molecule has 0 aromatic heterocycles. The summed E-state index contributed by atoms with van der Waals surface area (Å²) in [7, 11) is 0. The van der Waals surface area contributed by atoms with Gasteiger partial charge in [-0.15, -0.1) is 0 Å². The normalized spacial score (nSPS) is 18.1. The SMILES string of the molecule is CCN1CCN(Cc2ccc(C(C)C)cc2C(F)(F)F)CC1. The Morgan fingerprint density at radius 1 is 1.05 bits per heavy atom. The van der Waals surface area contributed by atoms with Gasteiger partial charge in [0.15, 0.2) is 0 Å². The third kappa shape index (κ3) is 4.23. The van der Waals surface area contributed by atoms with Gasteiger partial charge in [-0.3, -0.25) is 4.90 Å². The molecular formula is C17H25F3N2. The van der Waals surface area contributed by atoms with Crippen LogP contribution in [0.15, 0.2) is 18.2 Å². The number of hydrogen-bond donors (Lipinski definition) is 0. The lowest BCUT2D eigenvalue weighted by Gasteiger charge is -2.34. The molecule has 1 aromatic carbocycles. The van der Waals surface area contributed by atoms with Crippen molar-refractivity contribution >= 4 is 0 Å². The van der Waals surface area contributed by atoms with Crippen molar-refractivity contribution in [2.75, 3.05) is 32.7 Å². The summed E-state index contributed by atoms with van der Waals surface area (Å²) >= 11 is 0. The quantitative estimate of drug-likeness (QED) is 0.830. The maximum absolute atomic E-state index is 13.3. The lowest BCUT2D eigenvalue weighted by Crippen LogP contribution is -2.45. The number of benzene rings is 1. The molecule has 1 aliphatic rings. The fourth-order valence-electron chi connectivity index (χ4n) is 2.86. The van der Waals surface area contributed by atoms with Crippen LogP contribution < -0.4 is 0 Å². The van der Waals surface area contributed by atoms with Crippen LogP contribution in [0.2, 0.25) is 0 Å². The van der Waals surface area contributed by atoms with E-state index in [0.717, 1.165) is 38.3 Å². The maximum Gasteiger partial charge on any atom is 0.416 e. The van der Waals surface area contributed by atoms with Crippen molar-refractivity contribution in [3.05, 3.63) is 34.9 Å². The predicted octanol–water partition coefficient (Wildman–Crippen LogP) is 3.97. The second kappa shape index (κ2) is 7.01. The Balaban J connectivity index is 2.16. The second-order valence-electron chi connectivity index (χ2n) is 6.28. The Kier molecular flexibility index (Phi) is 5.50. The van der Waals surface area contributed by atoms with E-state index in [1.165, 1.54) is 6.07 Å². The van der Waals surface area contributed by atoms with E-state index >= 15 is 0 Å². The highest BCUT2D eigenvalue weighted by Crippen LogP contribution is 2.34. The fraction of sp³-hybridized carbons (Fsp3) is 0.647. The van der Waals surface area contributed by atoms with Crippen molar-refractivity contribution in [3.8, 4) is 0 Å². The Hall–Kier alpha value is -1.07. The van der Waals surface area contributed by atoms with Crippen LogP contribution in [-0.4, -0.2) is 42.5 Å². The van der Waals surface area contributed by atoms with Crippen LogP contribution in [0.4, 0.5) is 13.2 Å². The van der Waals surface area contributed by atoms with Gasteiger partial charge in [0, 0.05) is 32.7 Å². The molecule has 0 amide bonds. The molecular weight excluding hydrogens is 289 g/mol. The predicted molar refractivity (Wildman–Crippen MR) is 82.9 cm³/mol. The topological polar surface area (TPSA) is 6.48 Å². The minimum absolute atomic E-state index is 0.100. The number of piperazine rings is 1. The second-order valence-corrected chi connectivity index (χ2v) is 6.28. The molecule has 0 spiro atoms. The minimum atomic E-state index is -4.29. The molecule has 1 heterocycles. The molecule has 0 N–H and O–H groups in total. The molecule has 22 heavy (non-hydrogen) atoms. The minimum Gasteiger partial charge on any atom is -0.301 e. The van der Waals surface area contributed by atoms with Gasteiger partial charge in [-0.2, -0.15) is 13.2 Å². The number of nitrogens with zero attached hydrogens (tertiary/aromatic N) is 2. The summed E-state index contributed by atoms with van der Waals surface area (Å²) in [6.07, 6.45) is -4.29. The van der Waals surface area contributed by atoms with Crippen LogP contribution in [0.1, 0.15) is 43.4 Å². The molecule has 5 heteroatoms. The van der Waals surface area contributed by atoms with Crippen LogP contribution in [0.5, 0.6) is 0 Å². The summed E-state index contributed by atoms with van der Waals surface area (Å²) < 4.78 is 40.0. The Morgan fingerprint density at radius 3 is 2.14 bits per heavy atom. The molecule has 2 nitrogen and oxygen atoms in total. The largest absolute Gasteiger partial charge is 0.416 e. The molecule has 2 rings (SSSR count). The third-order valence-electron chi connectivity index (χ3n) is 4.41. The lowest BCUT2D eigenvalue weighted by atomic mass is 9.96. The van der Waals surface area contributed by atoms with E-state index in [1.807, 2.05) is 19.9 Å². The van der Waals surface area contributed by atoms with Crippen molar-refractivity contribution in [1.29, 1.82) is 0 Å². The van der Waals surface area contributed by atoms with Gasteiger partial charge in [0.25, 0.3) is 0 Å². The highest BCUT2D eigenvalue weighted by atomic mass is 19.4. The summed E-state index contributed by atoms with van der Waals surface area (Å²) in [5.41, 5.74) is 0.658. The van der Waals surface area contributed by atoms with E-state index < -0.39 is 11.7 Å². The third-order valence-corrected chi connectivity index (χ3v) is 4.41. The van der Waals surface area contributed by atoms with E-state index in [2.05, 4.69) is 16.7 Å². The summed E-state index contributed by atoms with van der Waals surface area (Å²) in [6, 6.07) is 4.81. The van der Waals surface area contributed by atoms with Gasteiger partial charge in [-0.25, -0.2) is 0 Å². The molecule has 0 unspecified atom stereocenters. The smallest absolute Gasteiger partial charge is 0.301 e. The lowest BCUT2D eigenvalue weighted by molar-refractivity contribution is -0.138. The Labute approximate surface area is 130 Å². The number of likely N-dealkylation sites (N-methyl/N-ethyl adjacent to an activating group) is 1. The van der Waals surface area contributed by atoms with Crippen LogP contribution in [-0.2, 0) is 12.7 Å². The van der Waals surface area contributed by atoms with Crippen molar-refractivity contribution in [2.24, 2.45) is 0 Å². The maximum atomic E-state index is 13.3. The highest BCUT2D eigenvalue weighted by Gasteiger charge is 2.34. The number of hydrogen-bond acceptors (Lipinski definition) is 2. The van der Waals surface area contributed by atoms with Crippen LogP contribution in [0, 0.1) is 0 Å². The number of alkyl halides is 3. The monoisotopic (exact) mass is 314 g/mol. The molecule has 124 valence electrons. The van der Waals surface area contributed by atoms with Gasteiger partial charge in [0.1, 0.15) is 0 Å². The molecule has 0 aliphatic carbocycles. The Morgan fingerprint density at radius 2 is 1.64 bits per heavy atom. The average Bonchev–Trinajstić information content (AvgIpc) is 2.47. The molecule has 1 aliphatic heterocycles. The van der Waals surface area contributed by atoms with Crippen LogP contribution >= 0.6 is 0 Å². The summed E-state index contributed by atoms with van der Waals surface area (Å²) in [6.45, 7) is 10.9. The van der Waals surface area contributed by atoms with Gasteiger partial charge in [0.05, 0.1) is 5.56 Å². The van der Waals surface area contributed by atoms with Crippen molar-refractivity contribution in [3.63, 3.8) is 0 Å². The molecule has 1 saturated heterocycles. The van der Waals surface area contributed by atoms with Crippen molar-refractivity contribution < 1.29 is 13.2 Å². The molecule has 0 bridgehead atoms. The first kappa shape index (κ1) is 17.3. The van der Waals surface area contributed by atoms with Gasteiger partial charge < -0.3 is 4.90 Å². The van der Waals surface area contributed by atoms with E-state index in [4.69, 9.17) is 0 Å². The van der Waals surface area contributed by atoms with Gasteiger partial charge in [-0.05, 0) is 29.7 Å². The van der Waals surface area contributed by atoms with E-state index in [0.29, 0.717) is 12.1 Å². The highest BCUT2D eigenvalue weighted by molar-refractivity contribution is 5.35. The Bertz CT molecular complexity index is 489. The summed E-state index contributed by atoms with van der Waals surface area (Å²) in [5, 5.41) is 0. The fourth-order valence-corrected chi connectivity index (χ4v) is 2.86. The first-order valence-corrected chi connectivity index (χ1v) is 7.96. The number of halogens is 3. The van der Waals surface area contributed by atoms with Gasteiger partial charge in [0.2, 0.25) is 0 Å². The van der Waals surface area contributed by atoms with E-state index in [9.17, 15) is 13.2 Å². The first-order chi connectivity index (χ1) is 10.3. The zero-order valence-corrected chi connectivity index (χ0v) is 13.6. The van der Waals surface area contributed by atoms with Crippen LogP contribution in [0.3, 0.4) is 0 Å². The molecule has 1 aromatic rings. The number of rotatable bonds is 4. The van der Waals surface area contributed by atoms with Gasteiger partial charge in [-0.1, -0.05) is 32.9 Å². The van der Waals surface area contributed by atoms with E-state index in [1.54, 1.807) is 6.07 Å². The summed E-state index contributed by atoms with van der Waals surface area (Å²) in [5.74, 6) is 0.100. The van der Waals surface area contributed by atoms with Gasteiger partial charge >= 0.3 is 6.18 Å². The average molecular weight is 314 g/mol. The molecule has 0 radical (unpaired) electrons. The summed E-state index contributed by atoms with van der Waals surface area (Å²) in [4.78, 5) is 4.44.